The number of hydrogen-bond donors (Lipinski definition) is 1. The van der Waals surface area contributed by atoms with E-state index in [2.05, 4.69) is 70.5 Å². The number of anilines is 1. The zero-order valence-electron chi connectivity index (χ0n) is 13.7. The Kier molecular flexibility index (Phi) is 4.99. The third-order valence-electron chi connectivity index (χ3n) is 3.35. The summed E-state index contributed by atoms with van der Waals surface area (Å²) in [6.07, 6.45) is 2.11. The van der Waals surface area contributed by atoms with Crippen LogP contribution in [0, 0.1) is 6.92 Å². The summed E-state index contributed by atoms with van der Waals surface area (Å²) in [7, 11) is 0. The monoisotopic (exact) mass is 320 g/mol. The second-order valence-electron chi connectivity index (χ2n) is 6.28. The Labute approximate surface area is 136 Å². The summed E-state index contributed by atoms with van der Waals surface area (Å²) in [5.74, 6) is 0. The van der Waals surface area contributed by atoms with Crippen LogP contribution in [0.25, 0.3) is 0 Å². The van der Waals surface area contributed by atoms with Crippen LogP contribution in [-0.2, 0) is 5.41 Å². The molecule has 0 radical (unpaired) electrons. The van der Waals surface area contributed by atoms with Crippen molar-refractivity contribution in [1.82, 2.24) is 4.98 Å². The van der Waals surface area contributed by atoms with E-state index in [1.54, 1.807) is 11.8 Å². The fourth-order valence-corrected chi connectivity index (χ4v) is 3.88. The van der Waals surface area contributed by atoms with Gasteiger partial charge < -0.3 is 5.32 Å². The van der Waals surface area contributed by atoms with Gasteiger partial charge >= 0.3 is 0 Å². The first kappa shape index (κ1) is 16.4. The maximum Gasteiger partial charge on any atom is 0.0985 e. The number of hydrogen-bond acceptors (Lipinski definition) is 4. The van der Waals surface area contributed by atoms with E-state index in [4.69, 9.17) is 4.98 Å². The van der Waals surface area contributed by atoms with Crippen LogP contribution in [0.3, 0.4) is 0 Å². The van der Waals surface area contributed by atoms with E-state index < -0.39 is 0 Å². The third kappa shape index (κ3) is 3.80. The van der Waals surface area contributed by atoms with Crippen LogP contribution in [0.5, 0.6) is 0 Å². The molecule has 0 saturated carbocycles. The lowest BCUT2D eigenvalue weighted by Gasteiger charge is -2.17. The lowest BCUT2D eigenvalue weighted by atomic mass is 9.98. The lowest BCUT2D eigenvalue weighted by Crippen LogP contribution is -2.10. The predicted octanol–water partition coefficient (Wildman–Crippen LogP) is 5.64. The van der Waals surface area contributed by atoms with E-state index in [9.17, 15) is 0 Å². The summed E-state index contributed by atoms with van der Waals surface area (Å²) in [5, 5.41) is 4.84. The molecule has 1 heterocycles. The second-order valence-corrected chi connectivity index (χ2v) is 8.16. The molecule has 4 heteroatoms. The van der Waals surface area contributed by atoms with Crippen molar-refractivity contribution in [3.8, 4) is 0 Å². The number of nitrogens with zero attached hydrogens (tertiary/aromatic N) is 1. The highest BCUT2D eigenvalue weighted by atomic mass is 32.2. The van der Waals surface area contributed by atoms with Crippen molar-refractivity contribution in [2.75, 3.05) is 11.6 Å². The summed E-state index contributed by atoms with van der Waals surface area (Å²) in [5.41, 5.74) is 2.46. The maximum atomic E-state index is 4.76. The van der Waals surface area contributed by atoms with Crippen molar-refractivity contribution in [2.24, 2.45) is 0 Å². The fourth-order valence-electron chi connectivity index (χ4n) is 2.19. The van der Waals surface area contributed by atoms with Gasteiger partial charge in [0.05, 0.1) is 16.7 Å². The van der Waals surface area contributed by atoms with Crippen molar-refractivity contribution in [2.45, 2.75) is 51.0 Å². The number of para-hydroxylation sites is 1. The molecule has 1 aromatic heterocycles. The van der Waals surface area contributed by atoms with Crippen molar-refractivity contribution in [3.05, 3.63) is 39.8 Å². The van der Waals surface area contributed by atoms with Gasteiger partial charge in [0.25, 0.3) is 0 Å². The van der Waals surface area contributed by atoms with E-state index in [1.807, 2.05) is 11.3 Å². The highest BCUT2D eigenvalue weighted by Crippen LogP contribution is 2.35. The van der Waals surface area contributed by atoms with E-state index >= 15 is 0 Å². The predicted molar refractivity (Wildman–Crippen MR) is 95.8 cm³/mol. The van der Waals surface area contributed by atoms with Crippen molar-refractivity contribution >= 4 is 28.8 Å². The van der Waals surface area contributed by atoms with Crippen LogP contribution in [0.4, 0.5) is 5.69 Å². The minimum atomic E-state index is 0.116. The summed E-state index contributed by atoms with van der Waals surface area (Å²) in [6, 6.07) is 8.72. The normalized spacial score (nSPS) is 13.2. The number of aryl methyl sites for hydroxylation is 1. The molecule has 21 heavy (non-hydrogen) atoms. The Bertz CT molecular complexity index is 611. The molecule has 1 unspecified atom stereocenters. The summed E-state index contributed by atoms with van der Waals surface area (Å²) in [4.78, 5) is 7.37. The van der Waals surface area contributed by atoms with E-state index in [-0.39, 0.29) is 11.5 Å². The molecule has 2 aromatic rings. The molecule has 0 fully saturated rings. The van der Waals surface area contributed by atoms with E-state index in [0.717, 1.165) is 5.69 Å². The second kappa shape index (κ2) is 6.41. The van der Waals surface area contributed by atoms with Crippen LogP contribution in [-0.4, -0.2) is 11.2 Å². The molecule has 0 aliphatic heterocycles. The molecule has 0 saturated heterocycles. The Morgan fingerprint density at radius 2 is 1.90 bits per heavy atom. The molecule has 1 atom stereocenters. The summed E-state index contributed by atoms with van der Waals surface area (Å²) < 4.78 is 0. The van der Waals surface area contributed by atoms with Gasteiger partial charge in [-0.2, -0.15) is 0 Å². The largest absolute Gasteiger partial charge is 0.377 e. The Balaban J connectivity index is 2.25. The standard InChI is InChI=1S/C17H24N2S2/c1-11(18-13-9-7-8-10-14(13)20-6)15-12(2)19-16(21-15)17(3,4)5/h7-11,18H,1-6H3. The van der Waals surface area contributed by atoms with Crippen molar-refractivity contribution < 1.29 is 0 Å². The summed E-state index contributed by atoms with van der Waals surface area (Å²) in [6.45, 7) is 11.0. The third-order valence-corrected chi connectivity index (χ3v) is 5.91. The Morgan fingerprint density at radius 1 is 1.24 bits per heavy atom. The summed E-state index contributed by atoms with van der Waals surface area (Å²) >= 11 is 3.60. The van der Waals surface area contributed by atoms with Gasteiger partial charge in [-0.25, -0.2) is 4.98 Å². The van der Waals surface area contributed by atoms with Gasteiger partial charge in [0, 0.05) is 20.9 Å². The molecule has 2 nitrogen and oxygen atoms in total. The SMILES string of the molecule is CSc1ccccc1NC(C)c1sc(C(C)(C)C)nc1C. The first-order valence-electron chi connectivity index (χ1n) is 7.20. The minimum absolute atomic E-state index is 0.116. The molecule has 0 aliphatic carbocycles. The molecule has 0 aliphatic rings. The van der Waals surface area contributed by atoms with Gasteiger partial charge in [0.15, 0.2) is 0 Å². The molecular weight excluding hydrogens is 296 g/mol. The molecule has 114 valence electrons. The number of thioether (sulfide) groups is 1. The average molecular weight is 321 g/mol. The molecule has 1 aromatic carbocycles. The molecule has 2 rings (SSSR count). The number of rotatable bonds is 4. The van der Waals surface area contributed by atoms with Crippen LogP contribution in [0.1, 0.15) is 49.3 Å². The van der Waals surface area contributed by atoms with Crippen LogP contribution >= 0.6 is 23.1 Å². The molecule has 1 N–H and O–H groups in total. The molecule has 0 amide bonds. The van der Waals surface area contributed by atoms with Gasteiger partial charge in [-0.1, -0.05) is 32.9 Å². The van der Waals surface area contributed by atoms with Gasteiger partial charge in [0.2, 0.25) is 0 Å². The van der Waals surface area contributed by atoms with Crippen LogP contribution in [0.2, 0.25) is 0 Å². The van der Waals surface area contributed by atoms with Crippen molar-refractivity contribution in [3.63, 3.8) is 0 Å². The topological polar surface area (TPSA) is 24.9 Å². The van der Waals surface area contributed by atoms with Crippen molar-refractivity contribution in [1.29, 1.82) is 0 Å². The average Bonchev–Trinajstić information content (AvgIpc) is 2.81. The first-order valence-corrected chi connectivity index (χ1v) is 9.24. The first-order chi connectivity index (χ1) is 9.82. The maximum absolute atomic E-state index is 4.76. The van der Waals surface area contributed by atoms with Gasteiger partial charge in [0.1, 0.15) is 0 Å². The zero-order valence-corrected chi connectivity index (χ0v) is 15.3. The fraction of sp³-hybridized carbons (Fsp3) is 0.471. The highest BCUT2D eigenvalue weighted by molar-refractivity contribution is 7.98. The smallest absolute Gasteiger partial charge is 0.0985 e. The Morgan fingerprint density at radius 3 is 2.48 bits per heavy atom. The number of aromatic nitrogens is 1. The van der Waals surface area contributed by atoms with Gasteiger partial charge in [-0.3, -0.25) is 0 Å². The lowest BCUT2D eigenvalue weighted by molar-refractivity contribution is 0.584. The Hall–Kier alpha value is -1.00. The molecule has 0 bridgehead atoms. The zero-order chi connectivity index (χ0) is 15.6. The quantitative estimate of drug-likeness (QED) is 0.737. The van der Waals surface area contributed by atoms with E-state index in [1.165, 1.54) is 20.5 Å². The van der Waals surface area contributed by atoms with Crippen LogP contribution < -0.4 is 5.32 Å². The van der Waals surface area contributed by atoms with E-state index in [0.29, 0.717) is 0 Å². The van der Waals surface area contributed by atoms with Crippen LogP contribution in [0.15, 0.2) is 29.2 Å². The number of nitrogens with one attached hydrogen (secondary N) is 1. The van der Waals surface area contributed by atoms with Gasteiger partial charge in [-0.15, -0.1) is 23.1 Å². The van der Waals surface area contributed by atoms with Gasteiger partial charge in [-0.05, 0) is 32.2 Å². The highest BCUT2D eigenvalue weighted by Gasteiger charge is 2.22. The number of benzene rings is 1. The molecule has 0 spiro atoms. The number of thiazole rings is 1. The minimum Gasteiger partial charge on any atom is -0.377 e. The molecular formula is C17H24N2S2.